The van der Waals surface area contributed by atoms with Crippen LogP contribution in [0.25, 0.3) is 10.2 Å². The Balaban J connectivity index is 0.000000461. The molecule has 2 rings (SSSR count). The number of hydrogen-bond donors (Lipinski definition) is 0. The highest BCUT2D eigenvalue weighted by atomic mass is 32.3. The van der Waals surface area contributed by atoms with Crippen LogP contribution in [-0.2, 0) is 14.6 Å². The predicted octanol–water partition coefficient (Wildman–Crippen LogP) is 7.44. The van der Waals surface area contributed by atoms with Crippen molar-refractivity contribution < 1.29 is 22.1 Å². The molecule has 0 atom stereocenters. The number of para-hydroxylation sites is 1. The molecule has 0 aliphatic heterocycles. The fraction of sp³-hybridized carbons (Fsp3) is 0.720. The number of aromatic amines is 1. The molecule has 0 saturated carbocycles. The summed E-state index contributed by atoms with van der Waals surface area (Å²) in [5.41, 5.74) is 3.22. The van der Waals surface area contributed by atoms with Gasteiger partial charge >= 0.3 is 0 Å². The molecule has 184 valence electrons. The molecule has 1 aromatic heterocycles. The molecule has 0 spiro atoms. The van der Waals surface area contributed by atoms with E-state index in [1.165, 1.54) is 93.7 Å². The molecule has 1 N–H and O–H groups in total. The molecule has 5 nitrogen and oxygen atoms in total. The summed E-state index contributed by atoms with van der Waals surface area (Å²) < 4.78 is 36.1. The van der Waals surface area contributed by atoms with Crippen LogP contribution < -0.4 is 4.98 Å². The van der Waals surface area contributed by atoms with Crippen molar-refractivity contribution in [3.8, 4) is 0 Å². The number of thiazole rings is 1. The average Bonchev–Trinajstić information content (AvgIpc) is 3.24. The lowest BCUT2D eigenvalue weighted by Crippen LogP contribution is -2.05. The molecule has 0 amide bonds. The molecule has 0 unspecified atom stereocenters. The highest BCUT2D eigenvalue weighted by Crippen LogP contribution is 2.14. The average molecular weight is 486 g/mol. The summed E-state index contributed by atoms with van der Waals surface area (Å²) in [5.74, 6) is 0. The van der Waals surface area contributed by atoms with Crippen molar-refractivity contribution in [3.63, 3.8) is 0 Å². The second-order valence-corrected chi connectivity index (χ2v) is 10.4. The van der Waals surface area contributed by atoms with Crippen LogP contribution in [0.4, 0.5) is 0 Å². The Kier molecular flexibility index (Phi) is 17.6. The zero-order valence-electron chi connectivity index (χ0n) is 19.9. The van der Waals surface area contributed by atoms with Crippen molar-refractivity contribution in [2.45, 2.75) is 110 Å². The third-order valence-corrected chi connectivity index (χ3v) is 6.81. The second kappa shape index (κ2) is 19.4. The quantitative estimate of drug-likeness (QED) is 0.125. The van der Waals surface area contributed by atoms with Crippen molar-refractivity contribution >= 4 is 32.0 Å². The Morgan fingerprint density at radius 1 is 0.781 bits per heavy atom. The fourth-order valence-corrected chi connectivity index (χ4v) is 4.70. The van der Waals surface area contributed by atoms with E-state index in [1.807, 2.05) is 17.6 Å². The summed E-state index contributed by atoms with van der Waals surface area (Å²) >= 11 is 1.73. The number of rotatable bonds is 18. The van der Waals surface area contributed by atoms with Crippen LogP contribution in [0.2, 0.25) is 0 Å². The molecule has 0 bridgehead atoms. The lowest BCUT2D eigenvalue weighted by atomic mass is 10.0. The molecule has 0 aliphatic rings. The standard InChI is InChI=1S/C18H38O4S.C7H5NS/c1-2-3-4-5-6-7-8-9-10-11-12-13-14-15-16-17-18-22-23(19,20)21;1-2-4-7-6(3-1)8-5-9-7/h2-18H2,1H3,(H,19,20,21);1-5H. The molecule has 0 aliphatic carbocycles. The maximum atomic E-state index is 10.2. The van der Waals surface area contributed by atoms with Crippen molar-refractivity contribution in [2.24, 2.45) is 0 Å². The smallest absolute Gasteiger partial charge is 0.224 e. The summed E-state index contributed by atoms with van der Waals surface area (Å²) in [7, 11) is -4.49. The van der Waals surface area contributed by atoms with Gasteiger partial charge in [-0.15, -0.1) is 0 Å². The highest BCUT2D eigenvalue weighted by Gasteiger charge is 1.97. The second-order valence-electron chi connectivity index (χ2n) is 8.41. The molecule has 7 heteroatoms. The van der Waals surface area contributed by atoms with Crippen molar-refractivity contribution in [1.29, 1.82) is 0 Å². The van der Waals surface area contributed by atoms with Crippen molar-refractivity contribution in [2.75, 3.05) is 6.61 Å². The minimum Gasteiger partial charge on any atom is -0.726 e. The Labute approximate surface area is 199 Å². The van der Waals surface area contributed by atoms with E-state index < -0.39 is 10.4 Å². The number of benzene rings is 1. The lowest BCUT2D eigenvalue weighted by molar-refractivity contribution is -0.338. The summed E-state index contributed by atoms with van der Waals surface area (Å²) in [6.07, 6.45) is 20.3. The third kappa shape index (κ3) is 17.5. The Morgan fingerprint density at radius 3 is 1.72 bits per heavy atom. The van der Waals surface area contributed by atoms with Gasteiger partial charge in [0.25, 0.3) is 0 Å². The maximum absolute atomic E-state index is 10.2. The van der Waals surface area contributed by atoms with Crippen molar-refractivity contribution in [1.82, 2.24) is 0 Å². The molecular weight excluding hydrogens is 442 g/mol. The van der Waals surface area contributed by atoms with Gasteiger partial charge in [0.15, 0.2) is 0 Å². The first-order valence-electron chi connectivity index (χ1n) is 12.5. The topological polar surface area (TPSA) is 80.6 Å². The van der Waals surface area contributed by atoms with E-state index in [2.05, 4.69) is 28.2 Å². The SMILES string of the molecule is CCCCCCCCCCCCCCCCCCOS(=O)(=O)[O-].c1ccc2sc[nH+]c2c1. The van der Waals surface area contributed by atoms with Gasteiger partial charge in [-0.25, -0.2) is 13.4 Å². The first-order chi connectivity index (χ1) is 15.5. The first-order valence-corrected chi connectivity index (χ1v) is 14.7. The largest absolute Gasteiger partial charge is 0.726 e. The van der Waals surface area contributed by atoms with Gasteiger partial charge in [0.05, 0.1) is 6.61 Å². The monoisotopic (exact) mass is 485 g/mol. The zero-order chi connectivity index (χ0) is 23.3. The number of H-pyrrole nitrogens is 1. The van der Waals surface area contributed by atoms with Gasteiger partial charge in [-0.05, 0) is 12.5 Å². The number of aromatic nitrogens is 1. The van der Waals surface area contributed by atoms with Crippen LogP contribution in [-0.4, -0.2) is 19.6 Å². The van der Waals surface area contributed by atoms with E-state index in [0.717, 1.165) is 12.8 Å². The van der Waals surface area contributed by atoms with Crippen LogP contribution in [0, 0.1) is 0 Å². The predicted molar refractivity (Wildman–Crippen MR) is 134 cm³/mol. The highest BCUT2D eigenvalue weighted by molar-refractivity contribution is 7.80. The third-order valence-electron chi connectivity index (χ3n) is 5.51. The Morgan fingerprint density at radius 2 is 1.25 bits per heavy atom. The molecule has 1 heterocycles. The van der Waals surface area contributed by atoms with Crippen LogP contribution in [0.15, 0.2) is 29.8 Å². The fourth-order valence-electron chi connectivity index (χ4n) is 3.66. The summed E-state index contributed by atoms with van der Waals surface area (Å²) in [5, 5.41) is 0. The van der Waals surface area contributed by atoms with Crippen LogP contribution in [0.3, 0.4) is 0 Å². The maximum Gasteiger partial charge on any atom is 0.224 e. The minimum atomic E-state index is -4.49. The van der Waals surface area contributed by atoms with E-state index in [1.54, 1.807) is 11.3 Å². The summed E-state index contributed by atoms with van der Waals surface area (Å²) in [6.45, 7) is 2.29. The van der Waals surface area contributed by atoms with E-state index in [-0.39, 0.29) is 6.61 Å². The van der Waals surface area contributed by atoms with Gasteiger partial charge in [0, 0.05) is 6.07 Å². The van der Waals surface area contributed by atoms with Gasteiger partial charge < -0.3 is 4.55 Å². The molecule has 0 fully saturated rings. The van der Waals surface area contributed by atoms with Crippen molar-refractivity contribution in [3.05, 3.63) is 29.8 Å². The van der Waals surface area contributed by atoms with Gasteiger partial charge in [0.1, 0.15) is 4.70 Å². The normalized spacial score (nSPS) is 11.4. The lowest BCUT2D eigenvalue weighted by Gasteiger charge is -2.07. The van der Waals surface area contributed by atoms with Crippen LogP contribution in [0.1, 0.15) is 110 Å². The number of unbranched alkanes of at least 4 members (excludes halogenated alkanes) is 15. The van der Waals surface area contributed by atoms with Gasteiger partial charge in [-0.3, -0.25) is 4.18 Å². The van der Waals surface area contributed by atoms with Crippen LogP contribution in [0.5, 0.6) is 0 Å². The van der Waals surface area contributed by atoms with Crippen LogP contribution >= 0.6 is 11.3 Å². The molecule has 1 aromatic carbocycles. The summed E-state index contributed by atoms with van der Waals surface area (Å²) in [6, 6.07) is 8.26. The number of fused-ring (bicyclic) bond motifs is 1. The van der Waals surface area contributed by atoms with E-state index in [9.17, 15) is 13.0 Å². The molecule has 32 heavy (non-hydrogen) atoms. The Hall–Kier alpha value is -1.02. The van der Waals surface area contributed by atoms with Gasteiger partial charge in [-0.2, -0.15) is 0 Å². The number of nitrogens with one attached hydrogen (secondary N) is 1. The van der Waals surface area contributed by atoms with Gasteiger partial charge in [0.2, 0.25) is 21.4 Å². The van der Waals surface area contributed by atoms with E-state index in [0.29, 0.717) is 6.42 Å². The molecule has 2 aromatic rings. The van der Waals surface area contributed by atoms with Gasteiger partial charge in [-0.1, -0.05) is 127 Å². The number of hydrogen-bond acceptors (Lipinski definition) is 5. The molecular formula is C25H43NO4S2. The minimum absolute atomic E-state index is 0.0320. The Bertz CT molecular complexity index is 747. The summed E-state index contributed by atoms with van der Waals surface area (Å²) in [4.78, 5) is 3.14. The zero-order valence-corrected chi connectivity index (χ0v) is 21.5. The first kappa shape index (κ1) is 29.0. The van der Waals surface area contributed by atoms with E-state index in [4.69, 9.17) is 0 Å². The molecule has 0 saturated heterocycles. The van der Waals surface area contributed by atoms with E-state index >= 15 is 0 Å². The molecule has 0 radical (unpaired) electrons.